The van der Waals surface area contributed by atoms with Gasteiger partial charge in [0, 0.05) is 39.4 Å². The molecule has 0 atom stereocenters. The number of pyridine rings is 2. The number of rotatable bonds is 5. The molecule has 0 N–H and O–H groups in total. The molecule has 2 nitrogen and oxygen atoms in total. The van der Waals surface area contributed by atoms with Crippen molar-refractivity contribution < 1.29 is 25.9 Å². The summed E-state index contributed by atoms with van der Waals surface area (Å²) in [5.74, 6) is -0.914. The second-order valence-corrected chi connectivity index (χ2v) is 18.4. The largest absolute Gasteiger partial charge is 0.305 e. The molecular formula is C40H35FIrN2SSi-2. The molecule has 4 aromatic carbocycles. The zero-order valence-corrected chi connectivity index (χ0v) is 30.7. The van der Waals surface area contributed by atoms with Gasteiger partial charge >= 0.3 is 0 Å². The van der Waals surface area contributed by atoms with Gasteiger partial charge in [0.1, 0.15) is 5.82 Å². The van der Waals surface area contributed by atoms with Gasteiger partial charge in [-0.25, -0.2) is 4.39 Å². The molecule has 3 heterocycles. The number of thiophene rings is 1. The molecule has 0 saturated carbocycles. The molecule has 0 aliphatic rings. The van der Waals surface area contributed by atoms with E-state index in [4.69, 9.17) is 1.37 Å². The van der Waals surface area contributed by atoms with Crippen molar-refractivity contribution in [1.82, 2.24) is 9.97 Å². The third-order valence-corrected chi connectivity index (χ3v) is 11.1. The van der Waals surface area contributed by atoms with Gasteiger partial charge in [-0.3, -0.25) is 0 Å². The average Bonchev–Trinajstić information content (AvgIpc) is 3.45. The molecule has 6 heteroatoms. The molecule has 233 valence electrons. The van der Waals surface area contributed by atoms with Crippen LogP contribution in [-0.2, 0) is 20.1 Å². The summed E-state index contributed by atoms with van der Waals surface area (Å²) in [6.07, 6.45) is 3.75. The summed E-state index contributed by atoms with van der Waals surface area (Å²) in [7, 11) is -1.23. The van der Waals surface area contributed by atoms with Gasteiger partial charge in [0.05, 0.1) is 12.8 Å². The van der Waals surface area contributed by atoms with Crippen molar-refractivity contribution in [3.05, 3.63) is 139 Å². The Morgan fingerprint density at radius 1 is 0.783 bits per heavy atom. The Bertz CT molecular complexity index is 2120. The third kappa shape index (κ3) is 7.11. The van der Waals surface area contributed by atoms with E-state index in [2.05, 4.69) is 53.9 Å². The van der Waals surface area contributed by atoms with E-state index in [0.29, 0.717) is 10.3 Å². The summed E-state index contributed by atoms with van der Waals surface area (Å²) < 4.78 is 25.4. The Labute approximate surface area is 291 Å². The summed E-state index contributed by atoms with van der Waals surface area (Å²) >= 11 is 1.44. The minimum atomic E-state index is -1.23. The maximum Gasteiger partial charge on any atom is 0.147 e. The zero-order valence-electron chi connectivity index (χ0n) is 27.5. The minimum Gasteiger partial charge on any atom is -0.305 e. The van der Waals surface area contributed by atoms with Gasteiger partial charge in [-0.05, 0) is 44.2 Å². The summed E-state index contributed by atoms with van der Waals surface area (Å²) in [5, 5.41) is 3.30. The summed E-state index contributed by atoms with van der Waals surface area (Å²) in [4.78, 5) is 9.05. The van der Waals surface area contributed by atoms with E-state index in [1.807, 2.05) is 111 Å². The Morgan fingerprint density at radius 3 is 2.22 bits per heavy atom. The Morgan fingerprint density at radius 2 is 1.54 bits per heavy atom. The molecule has 1 radical (unpaired) electrons. The van der Waals surface area contributed by atoms with E-state index < -0.39 is 14.0 Å². The Kier molecular flexibility index (Phi) is 10.0. The van der Waals surface area contributed by atoms with Crippen molar-refractivity contribution in [3.8, 4) is 33.6 Å². The number of hydrogen-bond donors (Lipinski definition) is 0. The summed E-state index contributed by atoms with van der Waals surface area (Å²) in [6, 6.07) is 39.9. The van der Waals surface area contributed by atoms with Crippen LogP contribution in [0.25, 0.3) is 53.8 Å². The van der Waals surface area contributed by atoms with Crippen LogP contribution in [0.4, 0.5) is 4.39 Å². The first-order chi connectivity index (χ1) is 22.0. The van der Waals surface area contributed by atoms with Crippen LogP contribution in [0.2, 0.25) is 19.6 Å². The maximum atomic E-state index is 15.5. The SMILES string of the molecule is C[Si](C)(C)c1ccc(-c2[c-]cccc2)nc1.[2H]C(C)(C)c1ccnc(-c2[c-]ccc3c2sc2c(F)c(-c4ccccc4)ccc23)c1.[Ir]. The van der Waals surface area contributed by atoms with Crippen molar-refractivity contribution in [1.29, 1.82) is 0 Å². The van der Waals surface area contributed by atoms with Gasteiger partial charge in [0.2, 0.25) is 0 Å². The molecule has 0 spiro atoms. The fourth-order valence-corrected chi connectivity index (χ4v) is 7.51. The first-order valence-electron chi connectivity index (χ1n) is 15.5. The zero-order chi connectivity index (χ0) is 32.5. The van der Waals surface area contributed by atoms with E-state index in [1.165, 1.54) is 16.5 Å². The molecule has 7 rings (SSSR count). The van der Waals surface area contributed by atoms with Gasteiger partial charge in [0.25, 0.3) is 0 Å². The van der Waals surface area contributed by atoms with Crippen LogP contribution >= 0.6 is 11.3 Å². The second kappa shape index (κ2) is 14.3. The van der Waals surface area contributed by atoms with Crippen molar-refractivity contribution in [2.75, 3.05) is 0 Å². The first-order valence-corrected chi connectivity index (χ1v) is 19.3. The van der Waals surface area contributed by atoms with E-state index in [0.717, 1.165) is 49.1 Å². The van der Waals surface area contributed by atoms with E-state index in [1.54, 1.807) is 6.20 Å². The molecule has 46 heavy (non-hydrogen) atoms. The first kappa shape index (κ1) is 32.1. The van der Waals surface area contributed by atoms with Crippen LogP contribution in [0.5, 0.6) is 0 Å². The van der Waals surface area contributed by atoms with Crippen LogP contribution in [0.3, 0.4) is 0 Å². The molecule has 0 saturated heterocycles. The van der Waals surface area contributed by atoms with Crippen molar-refractivity contribution in [2.45, 2.75) is 39.4 Å². The number of halogens is 1. The van der Waals surface area contributed by atoms with Gasteiger partial charge < -0.3 is 9.97 Å². The molecule has 0 aliphatic carbocycles. The summed E-state index contributed by atoms with van der Waals surface area (Å²) in [6.45, 7) is 10.7. The second-order valence-electron chi connectivity index (χ2n) is 12.3. The quantitative estimate of drug-likeness (QED) is 0.128. The molecule has 0 aliphatic heterocycles. The predicted octanol–water partition coefficient (Wildman–Crippen LogP) is 10.9. The standard InChI is InChI=1S/C26H19FNS.C14H16NSi.Ir/c1-16(2)18-13-14-28-23(15-18)22-10-6-9-20-21-12-11-19(17-7-4-3-5-8-17)24(27)26(21)29-25(20)22;1-16(2,3)13-9-10-14(15-11-13)12-7-5-4-6-8-12;/h3-9,11-16H,1-2H3;4-7,9-11H,1-3H3;/q2*-1;/i16D;;. The Hall–Kier alpha value is -3.80. The molecule has 0 fully saturated rings. The van der Waals surface area contributed by atoms with E-state index in [9.17, 15) is 0 Å². The predicted molar refractivity (Wildman–Crippen MR) is 192 cm³/mol. The Balaban J connectivity index is 0.000000217. The normalized spacial score (nSPS) is 11.8. The average molecular weight is 816 g/mol. The number of aromatic nitrogens is 2. The molecule has 0 bridgehead atoms. The summed E-state index contributed by atoms with van der Waals surface area (Å²) in [5.41, 5.74) is 6.03. The van der Waals surface area contributed by atoms with Crippen molar-refractivity contribution in [3.63, 3.8) is 0 Å². The van der Waals surface area contributed by atoms with Crippen LogP contribution in [-0.4, -0.2) is 18.0 Å². The van der Waals surface area contributed by atoms with Crippen molar-refractivity contribution in [2.24, 2.45) is 0 Å². The third-order valence-electron chi connectivity index (χ3n) is 7.83. The topological polar surface area (TPSA) is 25.8 Å². The monoisotopic (exact) mass is 816 g/mol. The van der Waals surface area contributed by atoms with Crippen molar-refractivity contribution >= 4 is 44.8 Å². The molecule has 7 aromatic rings. The number of benzene rings is 4. The number of hydrogen-bond acceptors (Lipinski definition) is 3. The van der Waals surface area contributed by atoms with Gasteiger partial charge in [-0.2, -0.15) is 11.3 Å². The van der Waals surface area contributed by atoms with Gasteiger partial charge in [-0.15, -0.1) is 59.7 Å². The smallest absolute Gasteiger partial charge is 0.147 e. The molecule has 3 aromatic heterocycles. The maximum absolute atomic E-state index is 15.5. The minimum absolute atomic E-state index is 0. The van der Waals surface area contributed by atoms with Gasteiger partial charge in [0.15, 0.2) is 0 Å². The fraction of sp³-hybridized carbons (Fsp3) is 0.150. The molecule has 0 unspecified atom stereocenters. The van der Waals surface area contributed by atoms with Gasteiger partial charge in [-0.1, -0.05) is 105 Å². The van der Waals surface area contributed by atoms with Crippen LogP contribution in [0.1, 0.15) is 26.7 Å². The van der Waals surface area contributed by atoms with Crippen LogP contribution in [0.15, 0.2) is 116 Å². The van der Waals surface area contributed by atoms with E-state index >= 15 is 4.39 Å². The van der Waals surface area contributed by atoms with Crippen LogP contribution in [0, 0.1) is 17.9 Å². The fourth-order valence-electron chi connectivity index (χ4n) is 5.23. The van der Waals surface area contributed by atoms with E-state index in [-0.39, 0.29) is 25.9 Å². The number of fused-ring (bicyclic) bond motifs is 3. The molecular weight excluding hydrogens is 780 g/mol. The molecule has 0 amide bonds. The van der Waals surface area contributed by atoms with Crippen LogP contribution < -0.4 is 5.19 Å². The number of nitrogens with zero attached hydrogens (tertiary/aromatic N) is 2.